The number of carboxylic acid groups (broad SMARTS) is 1. The van der Waals surface area contributed by atoms with Gasteiger partial charge in [0, 0.05) is 32.4 Å². The number of hydrogen-bond donors (Lipinski definition) is 2. The van der Waals surface area contributed by atoms with Crippen LogP contribution in [-0.2, 0) is 7.05 Å². The Morgan fingerprint density at radius 2 is 2.32 bits per heavy atom. The lowest BCUT2D eigenvalue weighted by atomic mass is 10.1. The van der Waals surface area contributed by atoms with Crippen molar-refractivity contribution in [3.63, 3.8) is 0 Å². The predicted molar refractivity (Wildman–Crippen MR) is 79.1 cm³/mol. The molecule has 116 valence electrons. The van der Waals surface area contributed by atoms with Crippen LogP contribution >= 0.6 is 0 Å². The molecular formula is C13H15N5O4. The second-order valence-electron chi connectivity index (χ2n) is 5.31. The van der Waals surface area contributed by atoms with Crippen LogP contribution < -0.4 is 10.2 Å². The van der Waals surface area contributed by atoms with Crippen molar-refractivity contribution in [1.29, 1.82) is 0 Å². The molecule has 1 aliphatic heterocycles. The summed E-state index contributed by atoms with van der Waals surface area (Å²) in [6.45, 7) is 0.959. The normalized spacial score (nSPS) is 17.9. The molecule has 22 heavy (non-hydrogen) atoms. The van der Waals surface area contributed by atoms with Crippen LogP contribution in [0.25, 0.3) is 10.9 Å². The largest absolute Gasteiger partial charge is 0.465 e. The number of amides is 1. The van der Waals surface area contributed by atoms with Gasteiger partial charge in [-0.1, -0.05) is 0 Å². The van der Waals surface area contributed by atoms with E-state index >= 15 is 0 Å². The van der Waals surface area contributed by atoms with Gasteiger partial charge >= 0.3 is 6.09 Å². The van der Waals surface area contributed by atoms with Crippen LogP contribution in [0.5, 0.6) is 0 Å². The third-order valence-electron chi connectivity index (χ3n) is 3.78. The van der Waals surface area contributed by atoms with Crippen molar-refractivity contribution in [1.82, 2.24) is 15.1 Å². The minimum atomic E-state index is -1.08. The molecule has 0 saturated carbocycles. The Labute approximate surface area is 125 Å². The van der Waals surface area contributed by atoms with Gasteiger partial charge in [0.1, 0.15) is 5.69 Å². The van der Waals surface area contributed by atoms with Crippen molar-refractivity contribution < 1.29 is 14.8 Å². The first kappa shape index (κ1) is 14.1. The summed E-state index contributed by atoms with van der Waals surface area (Å²) in [5.41, 5.74) is 1.19. The van der Waals surface area contributed by atoms with Crippen molar-refractivity contribution >= 4 is 28.4 Å². The van der Waals surface area contributed by atoms with Gasteiger partial charge in [0.25, 0.3) is 5.69 Å². The van der Waals surface area contributed by atoms with Crippen molar-refractivity contribution in [3.8, 4) is 0 Å². The summed E-state index contributed by atoms with van der Waals surface area (Å²) in [5.74, 6) is 0. The summed E-state index contributed by atoms with van der Waals surface area (Å²) >= 11 is 0. The Kier molecular flexibility index (Phi) is 3.32. The molecule has 1 aromatic heterocycles. The zero-order valence-corrected chi connectivity index (χ0v) is 11.9. The molecule has 1 fully saturated rings. The fourth-order valence-electron chi connectivity index (χ4n) is 2.92. The van der Waals surface area contributed by atoms with E-state index in [-0.39, 0.29) is 11.7 Å². The highest BCUT2D eigenvalue weighted by Gasteiger charge is 2.30. The Hall–Kier alpha value is -2.84. The van der Waals surface area contributed by atoms with E-state index in [0.717, 1.165) is 0 Å². The molecular weight excluding hydrogens is 290 g/mol. The second kappa shape index (κ2) is 5.17. The number of nitro groups is 1. The van der Waals surface area contributed by atoms with Gasteiger partial charge < -0.3 is 15.3 Å². The number of anilines is 1. The molecule has 0 spiro atoms. The topological polar surface area (TPSA) is 114 Å². The van der Waals surface area contributed by atoms with Crippen LogP contribution in [-0.4, -0.2) is 45.0 Å². The maximum absolute atomic E-state index is 11.3. The Morgan fingerprint density at radius 3 is 3.00 bits per heavy atom. The number of aryl methyl sites for hydroxylation is 1. The third kappa shape index (κ3) is 2.41. The SMILES string of the molecule is Cn1cc2c(N3CCC(NC(=O)O)C3)c([N+](=O)[O-])ccc2n1. The predicted octanol–water partition coefficient (Wildman–Crippen LogP) is 1.33. The van der Waals surface area contributed by atoms with Crippen LogP contribution in [0.4, 0.5) is 16.2 Å². The first-order valence-electron chi connectivity index (χ1n) is 6.81. The number of carbonyl (C=O) groups is 1. The molecule has 0 aliphatic carbocycles. The van der Waals surface area contributed by atoms with E-state index in [1.807, 2.05) is 4.90 Å². The Bertz CT molecular complexity index is 756. The summed E-state index contributed by atoms with van der Waals surface area (Å²) in [7, 11) is 1.76. The van der Waals surface area contributed by atoms with Gasteiger partial charge in [-0.05, 0) is 12.5 Å². The zero-order chi connectivity index (χ0) is 15.9. The summed E-state index contributed by atoms with van der Waals surface area (Å²) in [6.07, 6.45) is 1.27. The lowest BCUT2D eigenvalue weighted by Gasteiger charge is -2.19. The van der Waals surface area contributed by atoms with E-state index in [0.29, 0.717) is 36.1 Å². The van der Waals surface area contributed by atoms with Gasteiger partial charge in [0.2, 0.25) is 0 Å². The van der Waals surface area contributed by atoms with E-state index in [9.17, 15) is 14.9 Å². The van der Waals surface area contributed by atoms with Gasteiger partial charge in [-0.15, -0.1) is 0 Å². The van der Waals surface area contributed by atoms with Gasteiger partial charge in [-0.25, -0.2) is 4.79 Å². The number of aromatic nitrogens is 2. The van der Waals surface area contributed by atoms with Crippen molar-refractivity contribution in [2.45, 2.75) is 12.5 Å². The van der Waals surface area contributed by atoms with Crippen LogP contribution in [0, 0.1) is 10.1 Å². The van der Waals surface area contributed by atoms with Crippen LogP contribution in [0.1, 0.15) is 6.42 Å². The lowest BCUT2D eigenvalue weighted by molar-refractivity contribution is -0.384. The Morgan fingerprint density at radius 1 is 1.55 bits per heavy atom. The molecule has 2 heterocycles. The fourth-order valence-corrected chi connectivity index (χ4v) is 2.92. The highest BCUT2D eigenvalue weighted by Crippen LogP contribution is 2.37. The molecule has 0 radical (unpaired) electrons. The monoisotopic (exact) mass is 305 g/mol. The summed E-state index contributed by atoms with van der Waals surface area (Å²) in [6, 6.07) is 2.84. The molecule has 1 unspecified atom stereocenters. The average molecular weight is 305 g/mol. The number of nitrogens with one attached hydrogen (secondary N) is 1. The first-order chi connectivity index (χ1) is 10.5. The smallest absolute Gasteiger partial charge is 0.404 e. The molecule has 9 heteroatoms. The zero-order valence-electron chi connectivity index (χ0n) is 11.9. The number of hydrogen-bond acceptors (Lipinski definition) is 5. The highest BCUT2D eigenvalue weighted by atomic mass is 16.6. The van der Waals surface area contributed by atoms with Gasteiger partial charge in [-0.2, -0.15) is 5.10 Å². The van der Waals surface area contributed by atoms with Crippen LogP contribution in [0.15, 0.2) is 18.3 Å². The molecule has 3 rings (SSSR count). The van der Waals surface area contributed by atoms with E-state index < -0.39 is 11.0 Å². The Balaban J connectivity index is 2.03. The van der Waals surface area contributed by atoms with Crippen LogP contribution in [0.2, 0.25) is 0 Å². The molecule has 1 aromatic carbocycles. The summed E-state index contributed by atoms with van der Waals surface area (Å²) < 4.78 is 1.61. The first-order valence-corrected chi connectivity index (χ1v) is 6.81. The maximum atomic E-state index is 11.3. The number of fused-ring (bicyclic) bond motifs is 1. The molecule has 2 N–H and O–H groups in total. The summed E-state index contributed by atoms with van der Waals surface area (Å²) in [4.78, 5) is 23.5. The van der Waals surface area contributed by atoms with Crippen molar-refractivity contribution in [2.75, 3.05) is 18.0 Å². The van der Waals surface area contributed by atoms with E-state index in [4.69, 9.17) is 5.11 Å². The molecule has 2 aromatic rings. The van der Waals surface area contributed by atoms with E-state index in [2.05, 4.69) is 10.4 Å². The van der Waals surface area contributed by atoms with Gasteiger partial charge in [0.15, 0.2) is 0 Å². The number of rotatable bonds is 3. The third-order valence-corrected chi connectivity index (χ3v) is 3.78. The van der Waals surface area contributed by atoms with E-state index in [1.54, 1.807) is 24.0 Å². The molecule has 1 amide bonds. The minimum Gasteiger partial charge on any atom is -0.465 e. The molecule has 9 nitrogen and oxygen atoms in total. The number of benzene rings is 1. The molecule has 1 saturated heterocycles. The standard InChI is InChI=1S/C13H15N5O4/c1-16-7-9-10(15-16)2-3-11(18(21)22)12(9)17-5-4-8(6-17)14-13(19)20/h2-3,7-8,14H,4-6H2,1H3,(H,19,20). The van der Waals surface area contributed by atoms with E-state index in [1.165, 1.54) is 6.07 Å². The number of nitrogens with zero attached hydrogens (tertiary/aromatic N) is 4. The van der Waals surface area contributed by atoms with Gasteiger partial charge in [-0.3, -0.25) is 14.8 Å². The fraction of sp³-hybridized carbons (Fsp3) is 0.385. The highest BCUT2D eigenvalue weighted by molar-refractivity contribution is 5.97. The van der Waals surface area contributed by atoms with Crippen molar-refractivity contribution in [2.24, 2.45) is 7.05 Å². The summed E-state index contributed by atoms with van der Waals surface area (Å²) in [5, 5.41) is 27.5. The van der Waals surface area contributed by atoms with Crippen LogP contribution in [0.3, 0.4) is 0 Å². The molecule has 1 aliphatic rings. The quantitative estimate of drug-likeness (QED) is 0.653. The average Bonchev–Trinajstić information content (AvgIpc) is 3.01. The molecule has 0 bridgehead atoms. The lowest BCUT2D eigenvalue weighted by Crippen LogP contribution is -2.36. The van der Waals surface area contributed by atoms with Gasteiger partial charge in [0.05, 0.1) is 21.9 Å². The maximum Gasteiger partial charge on any atom is 0.404 e. The number of nitro benzene ring substituents is 1. The second-order valence-corrected chi connectivity index (χ2v) is 5.31. The minimum absolute atomic E-state index is 0.0106. The van der Waals surface area contributed by atoms with Crippen molar-refractivity contribution in [3.05, 3.63) is 28.4 Å². The molecule has 1 atom stereocenters.